The molecule has 27 heavy (non-hydrogen) atoms. The lowest BCUT2D eigenvalue weighted by molar-refractivity contribution is 0.258. The average molecular weight is 380 g/mol. The third-order valence-corrected chi connectivity index (χ3v) is 4.46. The molecule has 0 saturated heterocycles. The highest BCUT2D eigenvalue weighted by atomic mass is 35.5. The first-order valence-corrected chi connectivity index (χ1v) is 8.30. The molecular formula is C19H14ClN5O2. The van der Waals surface area contributed by atoms with Gasteiger partial charge in [0.1, 0.15) is 6.04 Å². The lowest BCUT2D eigenvalue weighted by Crippen LogP contribution is -2.16. The van der Waals surface area contributed by atoms with Gasteiger partial charge in [-0.1, -0.05) is 41.9 Å². The van der Waals surface area contributed by atoms with Crippen LogP contribution in [0, 0.1) is 20.1 Å². The molecule has 3 aromatic rings. The minimum atomic E-state index is -0.637. The normalized spacial score (nSPS) is 11.4. The molecule has 0 aliphatic heterocycles. The summed E-state index contributed by atoms with van der Waals surface area (Å²) < 4.78 is 5.68. The predicted octanol–water partition coefficient (Wildman–Crippen LogP) is 4.95. The second kappa shape index (κ2) is 7.88. The Hall–Kier alpha value is -3.39. The maximum atomic E-state index is 9.74. The van der Waals surface area contributed by atoms with Crippen LogP contribution in [0.3, 0.4) is 0 Å². The molecule has 0 aliphatic rings. The van der Waals surface area contributed by atoms with Gasteiger partial charge >= 0.3 is 0 Å². The van der Waals surface area contributed by atoms with Crippen LogP contribution >= 0.6 is 11.6 Å². The van der Waals surface area contributed by atoms with E-state index in [0.717, 1.165) is 0 Å². The van der Waals surface area contributed by atoms with E-state index in [1.165, 1.54) is 0 Å². The fourth-order valence-corrected chi connectivity index (χ4v) is 2.66. The lowest BCUT2D eigenvalue weighted by Gasteiger charge is -2.17. The fraction of sp³-hybridized carbons (Fsp3) is 0.158. The van der Waals surface area contributed by atoms with Crippen LogP contribution in [0.4, 0.5) is 17.1 Å². The van der Waals surface area contributed by atoms with E-state index >= 15 is 0 Å². The molecule has 1 aromatic heterocycles. The zero-order valence-corrected chi connectivity index (χ0v) is 15.0. The van der Waals surface area contributed by atoms with Crippen molar-refractivity contribution in [2.24, 2.45) is 0 Å². The molecule has 0 saturated carbocycles. The van der Waals surface area contributed by atoms with Gasteiger partial charge in [0.2, 0.25) is 17.5 Å². The second-order valence-corrected chi connectivity index (χ2v) is 6.04. The molecule has 0 fully saturated rings. The van der Waals surface area contributed by atoms with Crippen molar-refractivity contribution >= 4 is 28.7 Å². The van der Waals surface area contributed by atoms with Crippen LogP contribution in [0.25, 0.3) is 21.1 Å². The number of hydrogen-bond donors (Lipinski definition) is 2. The Bertz CT molecular complexity index is 1050. The molecule has 1 heterocycles. The van der Waals surface area contributed by atoms with Gasteiger partial charge in [-0.2, -0.15) is 0 Å². The van der Waals surface area contributed by atoms with E-state index < -0.39 is 6.04 Å². The number of anilines is 1. The molecular weight excluding hydrogens is 366 g/mol. The summed E-state index contributed by atoms with van der Waals surface area (Å²) in [6, 6.07) is 9.46. The first-order chi connectivity index (χ1) is 13.1. The summed E-state index contributed by atoms with van der Waals surface area (Å²) in [5, 5.41) is 21.2. The molecule has 0 aliphatic carbocycles. The molecule has 2 N–H and O–H groups in total. The van der Waals surface area contributed by atoms with Gasteiger partial charge in [0.25, 0.3) is 0 Å². The molecule has 0 amide bonds. The van der Waals surface area contributed by atoms with Crippen LogP contribution in [0.2, 0.25) is 5.02 Å². The standard InChI is InChI=1S/C19H14ClN5O2/c1-11-14(8-9-15(22-3)17(11)20)23-16(10-26)19-25-24-18(27-19)12-4-6-13(21-2)7-5-12/h4-9,16,23,26H,10H2,1H3/t16-/m1/s1. The highest BCUT2D eigenvalue weighted by molar-refractivity contribution is 6.34. The predicted molar refractivity (Wildman–Crippen MR) is 102 cm³/mol. The number of nitrogens with one attached hydrogen (secondary N) is 1. The Morgan fingerprint density at radius 2 is 1.89 bits per heavy atom. The van der Waals surface area contributed by atoms with Gasteiger partial charge < -0.3 is 14.8 Å². The Morgan fingerprint density at radius 1 is 1.15 bits per heavy atom. The monoisotopic (exact) mass is 379 g/mol. The smallest absolute Gasteiger partial charge is 0.247 e. The lowest BCUT2D eigenvalue weighted by atomic mass is 10.1. The molecule has 0 spiro atoms. The molecule has 0 unspecified atom stereocenters. The first-order valence-electron chi connectivity index (χ1n) is 7.92. The largest absolute Gasteiger partial charge is 0.418 e. The molecule has 8 heteroatoms. The van der Waals surface area contributed by atoms with Gasteiger partial charge in [-0.05, 0) is 18.6 Å². The van der Waals surface area contributed by atoms with Crippen LogP contribution in [-0.4, -0.2) is 21.9 Å². The topological polar surface area (TPSA) is 79.9 Å². The number of aliphatic hydroxyl groups excluding tert-OH is 1. The van der Waals surface area contributed by atoms with E-state index in [1.54, 1.807) is 43.3 Å². The van der Waals surface area contributed by atoms with E-state index in [-0.39, 0.29) is 12.5 Å². The minimum Gasteiger partial charge on any atom is -0.418 e. The number of rotatable bonds is 5. The Kier molecular flexibility index (Phi) is 5.37. The minimum absolute atomic E-state index is 0.214. The number of aromatic nitrogens is 2. The van der Waals surface area contributed by atoms with Crippen molar-refractivity contribution in [3.8, 4) is 11.5 Å². The quantitative estimate of drug-likeness (QED) is 0.613. The van der Waals surface area contributed by atoms with Crippen molar-refractivity contribution in [2.45, 2.75) is 13.0 Å². The van der Waals surface area contributed by atoms with Crippen LogP contribution < -0.4 is 5.32 Å². The molecule has 7 nitrogen and oxygen atoms in total. The summed E-state index contributed by atoms with van der Waals surface area (Å²) in [5.74, 6) is 0.506. The number of nitrogens with zero attached hydrogens (tertiary/aromatic N) is 4. The summed E-state index contributed by atoms with van der Waals surface area (Å²) in [7, 11) is 0. The van der Waals surface area contributed by atoms with E-state index in [9.17, 15) is 5.11 Å². The van der Waals surface area contributed by atoms with Crippen LogP contribution in [0.15, 0.2) is 40.8 Å². The van der Waals surface area contributed by atoms with Gasteiger partial charge in [0.05, 0.1) is 24.8 Å². The molecule has 134 valence electrons. The summed E-state index contributed by atoms with van der Waals surface area (Å²) >= 11 is 6.19. The van der Waals surface area contributed by atoms with Crippen LogP contribution in [0.1, 0.15) is 17.5 Å². The van der Waals surface area contributed by atoms with Crippen molar-refractivity contribution in [3.63, 3.8) is 0 Å². The first kappa shape index (κ1) is 18.4. The Balaban J connectivity index is 1.85. The third-order valence-electron chi connectivity index (χ3n) is 3.98. The molecule has 0 bridgehead atoms. The molecule has 1 atom stereocenters. The SMILES string of the molecule is [C-]#[N+]c1ccc(-c2nnc([C@@H](CO)Nc3ccc([N+]#[C-])c(Cl)c3C)o2)cc1. The summed E-state index contributed by atoms with van der Waals surface area (Å²) in [6.45, 7) is 15.6. The van der Waals surface area contributed by atoms with Gasteiger partial charge in [-0.15, -0.1) is 10.2 Å². The maximum absolute atomic E-state index is 9.74. The summed E-state index contributed by atoms with van der Waals surface area (Å²) in [4.78, 5) is 6.70. The summed E-state index contributed by atoms with van der Waals surface area (Å²) in [6.07, 6.45) is 0. The average Bonchev–Trinajstić information content (AvgIpc) is 3.19. The van der Waals surface area contributed by atoms with E-state index in [0.29, 0.717) is 39.1 Å². The fourth-order valence-electron chi connectivity index (χ4n) is 2.46. The van der Waals surface area contributed by atoms with Crippen molar-refractivity contribution in [2.75, 3.05) is 11.9 Å². The van der Waals surface area contributed by atoms with Crippen molar-refractivity contribution < 1.29 is 9.52 Å². The van der Waals surface area contributed by atoms with Crippen LogP contribution in [-0.2, 0) is 0 Å². The number of benzene rings is 2. The molecule has 0 radical (unpaired) electrons. The van der Waals surface area contributed by atoms with Gasteiger partial charge in [-0.3, -0.25) is 0 Å². The van der Waals surface area contributed by atoms with Gasteiger partial charge in [-0.25, -0.2) is 9.69 Å². The van der Waals surface area contributed by atoms with E-state index in [1.807, 2.05) is 0 Å². The number of halogens is 1. The zero-order valence-electron chi connectivity index (χ0n) is 14.3. The van der Waals surface area contributed by atoms with Crippen molar-refractivity contribution in [1.82, 2.24) is 10.2 Å². The van der Waals surface area contributed by atoms with Crippen molar-refractivity contribution in [3.05, 3.63) is 75.7 Å². The van der Waals surface area contributed by atoms with Crippen LogP contribution in [0.5, 0.6) is 0 Å². The number of hydrogen-bond acceptors (Lipinski definition) is 5. The Labute approximate surface area is 160 Å². The second-order valence-electron chi connectivity index (χ2n) is 5.67. The van der Waals surface area contributed by atoms with Gasteiger partial charge in [0.15, 0.2) is 5.69 Å². The number of aliphatic hydroxyl groups is 1. The van der Waals surface area contributed by atoms with Gasteiger partial charge in [0, 0.05) is 11.3 Å². The van der Waals surface area contributed by atoms with E-state index in [4.69, 9.17) is 29.2 Å². The summed E-state index contributed by atoms with van der Waals surface area (Å²) in [5.41, 5.74) is 2.91. The third kappa shape index (κ3) is 3.75. The van der Waals surface area contributed by atoms with Crippen molar-refractivity contribution in [1.29, 1.82) is 0 Å². The molecule has 2 aromatic carbocycles. The highest BCUT2D eigenvalue weighted by Gasteiger charge is 2.20. The molecule has 3 rings (SSSR count). The van der Waals surface area contributed by atoms with E-state index in [2.05, 4.69) is 25.2 Å². The highest BCUT2D eigenvalue weighted by Crippen LogP contribution is 2.34. The zero-order chi connectivity index (χ0) is 19.4. The maximum Gasteiger partial charge on any atom is 0.247 e. The Morgan fingerprint density at radius 3 is 2.52 bits per heavy atom.